The number of carbonyl (C=O) groups excluding carboxylic acids is 1. The van der Waals surface area contributed by atoms with Crippen LogP contribution in [-0.2, 0) is 11.3 Å². The molecule has 0 saturated heterocycles. The summed E-state index contributed by atoms with van der Waals surface area (Å²) in [6, 6.07) is 7.87. The third-order valence-electron chi connectivity index (χ3n) is 2.47. The Kier molecular flexibility index (Phi) is 4.46. The van der Waals surface area contributed by atoms with Gasteiger partial charge in [0.25, 0.3) is 0 Å². The number of methoxy groups -OCH3 is 1. The number of rotatable bonds is 4. The second kappa shape index (κ2) is 6.29. The van der Waals surface area contributed by atoms with E-state index >= 15 is 0 Å². The number of hydrogen-bond acceptors (Lipinski definition) is 5. The first-order valence-electron chi connectivity index (χ1n) is 5.57. The molecule has 98 valence electrons. The molecule has 5 nitrogen and oxygen atoms in total. The van der Waals surface area contributed by atoms with Crippen LogP contribution < -0.4 is 5.32 Å². The SMILES string of the molecule is COC(=O)c1cncnc1NCc1cccc(Br)c1. The van der Waals surface area contributed by atoms with Crippen LogP contribution in [0, 0.1) is 0 Å². The quantitative estimate of drug-likeness (QED) is 0.877. The van der Waals surface area contributed by atoms with Gasteiger partial charge in [0.05, 0.1) is 7.11 Å². The van der Waals surface area contributed by atoms with Crippen LogP contribution in [0.1, 0.15) is 15.9 Å². The standard InChI is InChI=1S/C13H12BrN3O2/c1-19-13(18)11-7-15-8-17-12(11)16-6-9-3-2-4-10(14)5-9/h2-5,7-8H,6H2,1H3,(H,15,16,17). The van der Waals surface area contributed by atoms with Crippen molar-refractivity contribution in [1.29, 1.82) is 0 Å². The highest BCUT2D eigenvalue weighted by Crippen LogP contribution is 2.15. The lowest BCUT2D eigenvalue weighted by molar-refractivity contribution is 0.0601. The van der Waals surface area contributed by atoms with E-state index in [0.717, 1.165) is 10.0 Å². The Morgan fingerprint density at radius 1 is 1.47 bits per heavy atom. The number of ether oxygens (including phenoxy) is 1. The highest BCUT2D eigenvalue weighted by atomic mass is 79.9. The van der Waals surface area contributed by atoms with Crippen LogP contribution in [0.3, 0.4) is 0 Å². The summed E-state index contributed by atoms with van der Waals surface area (Å²) in [4.78, 5) is 19.4. The maximum Gasteiger partial charge on any atom is 0.343 e. The Balaban J connectivity index is 2.13. The molecule has 0 bridgehead atoms. The van der Waals surface area contributed by atoms with E-state index in [2.05, 4.69) is 36.0 Å². The van der Waals surface area contributed by atoms with Gasteiger partial charge in [0.1, 0.15) is 17.7 Å². The normalized spacial score (nSPS) is 10.0. The highest BCUT2D eigenvalue weighted by molar-refractivity contribution is 9.10. The molecule has 0 aliphatic heterocycles. The van der Waals surface area contributed by atoms with Gasteiger partial charge in [-0.15, -0.1) is 0 Å². The van der Waals surface area contributed by atoms with Crippen LogP contribution in [0.4, 0.5) is 5.82 Å². The lowest BCUT2D eigenvalue weighted by Gasteiger charge is -2.09. The van der Waals surface area contributed by atoms with Crippen molar-refractivity contribution in [3.05, 3.63) is 52.4 Å². The molecule has 0 radical (unpaired) electrons. The van der Waals surface area contributed by atoms with Crippen LogP contribution >= 0.6 is 15.9 Å². The molecule has 0 atom stereocenters. The first-order valence-corrected chi connectivity index (χ1v) is 6.36. The van der Waals surface area contributed by atoms with E-state index in [-0.39, 0.29) is 0 Å². The number of anilines is 1. The van der Waals surface area contributed by atoms with Gasteiger partial charge in [-0.1, -0.05) is 28.1 Å². The van der Waals surface area contributed by atoms with Gasteiger partial charge in [-0.25, -0.2) is 14.8 Å². The third kappa shape index (κ3) is 3.51. The second-order valence-corrected chi connectivity index (χ2v) is 4.68. The Hall–Kier alpha value is -1.95. The molecule has 0 saturated carbocycles. The van der Waals surface area contributed by atoms with E-state index in [0.29, 0.717) is 17.9 Å². The topological polar surface area (TPSA) is 64.1 Å². The van der Waals surface area contributed by atoms with Crippen molar-refractivity contribution in [1.82, 2.24) is 9.97 Å². The molecule has 1 aromatic heterocycles. The molecule has 0 aliphatic carbocycles. The summed E-state index contributed by atoms with van der Waals surface area (Å²) in [5, 5.41) is 3.10. The maximum atomic E-state index is 11.5. The zero-order valence-electron chi connectivity index (χ0n) is 10.3. The minimum Gasteiger partial charge on any atom is -0.465 e. The van der Waals surface area contributed by atoms with Gasteiger partial charge in [-0.2, -0.15) is 0 Å². The van der Waals surface area contributed by atoms with Crippen molar-refractivity contribution in [2.45, 2.75) is 6.54 Å². The molecule has 6 heteroatoms. The summed E-state index contributed by atoms with van der Waals surface area (Å²) in [6.07, 6.45) is 2.82. The van der Waals surface area contributed by atoms with E-state index in [4.69, 9.17) is 0 Å². The number of nitrogens with zero attached hydrogens (tertiary/aromatic N) is 2. The lowest BCUT2D eigenvalue weighted by Crippen LogP contribution is -2.10. The van der Waals surface area contributed by atoms with E-state index in [9.17, 15) is 4.79 Å². The van der Waals surface area contributed by atoms with Crippen LogP contribution in [-0.4, -0.2) is 23.0 Å². The van der Waals surface area contributed by atoms with Crippen molar-refractivity contribution in [3.63, 3.8) is 0 Å². The molecule has 0 aliphatic rings. The molecule has 19 heavy (non-hydrogen) atoms. The molecule has 2 rings (SSSR count). The summed E-state index contributed by atoms with van der Waals surface area (Å²) < 4.78 is 5.68. The number of aromatic nitrogens is 2. The van der Waals surface area contributed by atoms with E-state index in [1.54, 1.807) is 0 Å². The predicted molar refractivity (Wildman–Crippen MR) is 74.8 cm³/mol. The second-order valence-electron chi connectivity index (χ2n) is 3.76. The number of carbonyl (C=O) groups is 1. The first-order chi connectivity index (χ1) is 9.20. The minimum absolute atomic E-state index is 0.319. The number of nitrogens with one attached hydrogen (secondary N) is 1. The third-order valence-corrected chi connectivity index (χ3v) is 2.96. The largest absolute Gasteiger partial charge is 0.465 e. The monoisotopic (exact) mass is 321 g/mol. The smallest absolute Gasteiger partial charge is 0.343 e. The Bertz CT molecular complexity index is 590. The zero-order chi connectivity index (χ0) is 13.7. The van der Waals surface area contributed by atoms with Crippen molar-refractivity contribution in [2.75, 3.05) is 12.4 Å². The molecule has 0 fully saturated rings. The Labute approximate surface area is 119 Å². The first kappa shape index (κ1) is 13.5. The van der Waals surface area contributed by atoms with Crippen LogP contribution in [0.15, 0.2) is 41.3 Å². The Morgan fingerprint density at radius 3 is 3.05 bits per heavy atom. The van der Waals surface area contributed by atoms with Crippen molar-refractivity contribution in [2.24, 2.45) is 0 Å². The molecule has 1 heterocycles. The summed E-state index contributed by atoms with van der Waals surface area (Å²) in [5.41, 5.74) is 1.39. The summed E-state index contributed by atoms with van der Waals surface area (Å²) in [5.74, 6) is -0.000771. The fourth-order valence-electron chi connectivity index (χ4n) is 1.56. The minimum atomic E-state index is -0.461. The summed E-state index contributed by atoms with van der Waals surface area (Å²) in [6.45, 7) is 0.556. The number of benzene rings is 1. The van der Waals surface area contributed by atoms with Gasteiger partial charge in [-0.3, -0.25) is 0 Å². The molecule has 2 aromatic rings. The maximum absolute atomic E-state index is 11.5. The molecule has 1 aromatic carbocycles. The van der Waals surface area contributed by atoms with Gasteiger partial charge in [-0.05, 0) is 17.7 Å². The van der Waals surface area contributed by atoms with Crippen LogP contribution in [0.2, 0.25) is 0 Å². The van der Waals surface area contributed by atoms with Gasteiger partial charge >= 0.3 is 5.97 Å². The van der Waals surface area contributed by atoms with E-state index in [1.807, 2.05) is 24.3 Å². The van der Waals surface area contributed by atoms with Gasteiger partial charge < -0.3 is 10.1 Å². The average molecular weight is 322 g/mol. The predicted octanol–water partition coefficient (Wildman–Crippen LogP) is 2.64. The van der Waals surface area contributed by atoms with Crippen molar-refractivity contribution >= 4 is 27.7 Å². The highest BCUT2D eigenvalue weighted by Gasteiger charge is 2.12. The molecule has 0 amide bonds. The lowest BCUT2D eigenvalue weighted by atomic mass is 10.2. The van der Waals surface area contributed by atoms with Gasteiger partial charge in [0.2, 0.25) is 0 Å². The van der Waals surface area contributed by atoms with E-state index in [1.165, 1.54) is 19.6 Å². The zero-order valence-corrected chi connectivity index (χ0v) is 11.8. The fraction of sp³-hybridized carbons (Fsp3) is 0.154. The summed E-state index contributed by atoms with van der Waals surface area (Å²) in [7, 11) is 1.33. The van der Waals surface area contributed by atoms with E-state index < -0.39 is 5.97 Å². The Morgan fingerprint density at radius 2 is 2.32 bits per heavy atom. The van der Waals surface area contributed by atoms with Crippen LogP contribution in [0.5, 0.6) is 0 Å². The average Bonchev–Trinajstić information content (AvgIpc) is 2.45. The van der Waals surface area contributed by atoms with Crippen molar-refractivity contribution in [3.8, 4) is 0 Å². The number of hydrogen-bond donors (Lipinski definition) is 1. The number of esters is 1. The fourth-order valence-corrected chi connectivity index (χ4v) is 2.01. The van der Waals surface area contributed by atoms with Crippen LogP contribution in [0.25, 0.3) is 0 Å². The van der Waals surface area contributed by atoms with Gasteiger partial charge in [0.15, 0.2) is 0 Å². The molecule has 0 spiro atoms. The van der Waals surface area contributed by atoms with Gasteiger partial charge in [0, 0.05) is 17.2 Å². The molecule has 0 unspecified atom stereocenters. The molecular weight excluding hydrogens is 310 g/mol. The number of halogens is 1. The van der Waals surface area contributed by atoms with Crippen molar-refractivity contribution < 1.29 is 9.53 Å². The summed E-state index contributed by atoms with van der Waals surface area (Å²) >= 11 is 3.41. The molecule has 1 N–H and O–H groups in total. The molecular formula is C13H12BrN3O2.